The van der Waals surface area contributed by atoms with Crippen molar-refractivity contribution in [1.29, 1.82) is 0 Å². The van der Waals surface area contributed by atoms with Crippen LogP contribution in [0.15, 0.2) is 41.2 Å². The quantitative estimate of drug-likeness (QED) is 0.573. The molecular weight excluding hydrogens is 322 g/mol. The van der Waals surface area contributed by atoms with Gasteiger partial charge in [0.05, 0.1) is 11.7 Å². The summed E-state index contributed by atoms with van der Waals surface area (Å²) in [6.07, 6.45) is 3.28. The number of aryl methyl sites for hydroxylation is 1. The lowest BCUT2D eigenvalue weighted by molar-refractivity contribution is 0.0893. The third-order valence-electron chi connectivity index (χ3n) is 3.97. The second-order valence-corrected chi connectivity index (χ2v) is 5.81. The van der Waals surface area contributed by atoms with Crippen molar-refractivity contribution in [3.63, 3.8) is 0 Å². The molecule has 4 rings (SSSR count). The highest BCUT2D eigenvalue weighted by Gasteiger charge is 2.31. The number of anilines is 1. The molecule has 3 heterocycles. The van der Waals surface area contributed by atoms with E-state index in [9.17, 15) is 5.11 Å². The summed E-state index contributed by atoms with van der Waals surface area (Å²) >= 11 is 0. The van der Waals surface area contributed by atoms with Crippen molar-refractivity contribution in [1.82, 2.24) is 29.9 Å². The summed E-state index contributed by atoms with van der Waals surface area (Å²) in [6.45, 7) is 3.28. The number of aromatic nitrogens is 6. The van der Waals surface area contributed by atoms with Crippen molar-refractivity contribution < 1.29 is 9.63 Å². The number of aliphatic hydroxyl groups is 1. The Bertz CT molecular complexity index is 1070. The van der Waals surface area contributed by atoms with Crippen molar-refractivity contribution >= 4 is 16.9 Å². The Morgan fingerprint density at radius 3 is 2.80 bits per heavy atom. The van der Waals surface area contributed by atoms with Crippen LogP contribution in [0, 0.1) is 6.92 Å². The van der Waals surface area contributed by atoms with Gasteiger partial charge in [-0.05, 0) is 18.6 Å². The Kier molecular flexibility index (Phi) is 3.25. The Labute approximate surface area is 142 Å². The van der Waals surface area contributed by atoms with Gasteiger partial charge in [0.2, 0.25) is 17.7 Å². The maximum absolute atomic E-state index is 10.9. The molecule has 0 saturated carbocycles. The van der Waals surface area contributed by atoms with Gasteiger partial charge in [-0.3, -0.25) is 0 Å². The Morgan fingerprint density at radius 2 is 2.08 bits per heavy atom. The van der Waals surface area contributed by atoms with Crippen LogP contribution >= 0.6 is 0 Å². The number of rotatable bonds is 3. The van der Waals surface area contributed by atoms with Crippen LogP contribution in [0.1, 0.15) is 24.2 Å². The Hall–Kier alpha value is -3.33. The molecule has 1 atom stereocenters. The first kappa shape index (κ1) is 15.2. The van der Waals surface area contributed by atoms with Crippen molar-refractivity contribution in [3.8, 4) is 5.82 Å². The highest BCUT2D eigenvalue weighted by Crippen LogP contribution is 2.30. The molecular formula is C16H15N7O2. The third kappa shape index (κ3) is 2.50. The van der Waals surface area contributed by atoms with Gasteiger partial charge in [0, 0.05) is 24.6 Å². The summed E-state index contributed by atoms with van der Waals surface area (Å²) in [7, 11) is 0. The molecule has 0 aliphatic heterocycles. The minimum absolute atomic E-state index is 0.159. The lowest BCUT2D eigenvalue weighted by Gasteiger charge is -2.19. The molecule has 9 heteroatoms. The number of fused-ring (bicyclic) bond motifs is 1. The fourth-order valence-corrected chi connectivity index (χ4v) is 2.61. The van der Waals surface area contributed by atoms with E-state index in [0.29, 0.717) is 17.3 Å². The van der Waals surface area contributed by atoms with Gasteiger partial charge in [0.25, 0.3) is 0 Å². The summed E-state index contributed by atoms with van der Waals surface area (Å²) in [6, 6.07) is 7.18. The fraction of sp³-hybridized carbons (Fsp3) is 0.188. The molecule has 25 heavy (non-hydrogen) atoms. The minimum atomic E-state index is -1.41. The van der Waals surface area contributed by atoms with Crippen LogP contribution in [0.25, 0.3) is 16.7 Å². The maximum atomic E-state index is 10.9. The standard InChI is InChI=1S/C16H15N7O2/c1-9-20-14(22-25-9)16(2,24)11-4-3-10-8-19-23(12(10)7-11)13-5-6-18-15(17)21-13/h3-8,24H,1-2H3,(H2,17,18,21)/t16-/m1/s1. The topological polar surface area (TPSA) is 129 Å². The van der Waals surface area contributed by atoms with Crippen molar-refractivity contribution in [2.24, 2.45) is 0 Å². The average molecular weight is 337 g/mol. The third-order valence-corrected chi connectivity index (χ3v) is 3.97. The predicted octanol–water partition coefficient (Wildman–Crippen LogP) is 1.34. The molecule has 3 aromatic heterocycles. The average Bonchev–Trinajstić information content (AvgIpc) is 3.20. The van der Waals surface area contributed by atoms with Crippen molar-refractivity contribution in [3.05, 3.63) is 53.9 Å². The fourth-order valence-electron chi connectivity index (χ4n) is 2.61. The van der Waals surface area contributed by atoms with Crippen LogP contribution in [0.5, 0.6) is 0 Å². The zero-order valence-corrected chi connectivity index (χ0v) is 13.6. The van der Waals surface area contributed by atoms with E-state index in [1.807, 2.05) is 12.1 Å². The first-order valence-corrected chi connectivity index (χ1v) is 7.55. The van der Waals surface area contributed by atoms with Gasteiger partial charge >= 0.3 is 0 Å². The SMILES string of the molecule is Cc1nc([C@](C)(O)c2ccc3cnn(-c4ccnc(N)n4)c3c2)no1. The van der Waals surface area contributed by atoms with Gasteiger partial charge in [0.15, 0.2) is 5.82 Å². The van der Waals surface area contributed by atoms with Crippen molar-refractivity contribution in [2.75, 3.05) is 5.73 Å². The highest BCUT2D eigenvalue weighted by atomic mass is 16.5. The molecule has 4 aromatic rings. The summed E-state index contributed by atoms with van der Waals surface area (Å²) in [5, 5.41) is 20.0. The van der Waals surface area contributed by atoms with Crippen LogP contribution < -0.4 is 5.73 Å². The highest BCUT2D eigenvalue weighted by molar-refractivity contribution is 5.81. The molecule has 3 N–H and O–H groups in total. The Morgan fingerprint density at radius 1 is 1.24 bits per heavy atom. The van der Waals surface area contributed by atoms with E-state index in [4.69, 9.17) is 10.3 Å². The molecule has 0 saturated heterocycles. The van der Waals surface area contributed by atoms with E-state index in [1.165, 1.54) is 0 Å². The van der Waals surface area contributed by atoms with Gasteiger partial charge in [-0.1, -0.05) is 17.3 Å². The zero-order chi connectivity index (χ0) is 17.6. The number of nitrogen functional groups attached to an aromatic ring is 1. The van der Waals surface area contributed by atoms with Crippen LogP contribution in [0.4, 0.5) is 5.95 Å². The maximum Gasteiger partial charge on any atom is 0.223 e. The molecule has 1 aromatic carbocycles. The van der Waals surface area contributed by atoms with E-state index in [1.54, 1.807) is 43.1 Å². The molecule has 0 amide bonds. The Balaban J connectivity index is 1.86. The van der Waals surface area contributed by atoms with Gasteiger partial charge in [-0.2, -0.15) is 15.1 Å². The van der Waals surface area contributed by atoms with Gasteiger partial charge in [0.1, 0.15) is 5.60 Å². The smallest absolute Gasteiger partial charge is 0.223 e. The number of nitrogens with two attached hydrogens (primary N) is 1. The van der Waals surface area contributed by atoms with Crippen LogP contribution in [-0.4, -0.2) is 35.0 Å². The van der Waals surface area contributed by atoms with E-state index in [2.05, 4.69) is 25.2 Å². The molecule has 0 aliphatic rings. The normalized spacial score (nSPS) is 13.9. The van der Waals surface area contributed by atoms with Crippen molar-refractivity contribution in [2.45, 2.75) is 19.4 Å². The molecule has 0 fully saturated rings. The monoisotopic (exact) mass is 337 g/mol. The van der Waals surface area contributed by atoms with Gasteiger partial charge < -0.3 is 15.4 Å². The zero-order valence-electron chi connectivity index (χ0n) is 13.6. The second-order valence-electron chi connectivity index (χ2n) is 5.81. The minimum Gasteiger partial charge on any atom is -0.377 e. The second kappa shape index (κ2) is 5.35. The molecule has 0 unspecified atom stereocenters. The molecule has 0 aliphatic carbocycles. The van der Waals surface area contributed by atoms with Crippen LogP contribution in [0.2, 0.25) is 0 Å². The molecule has 0 bridgehead atoms. The number of nitrogens with zero attached hydrogens (tertiary/aromatic N) is 6. The largest absolute Gasteiger partial charge is 0.377 e. The first-order chi connectivity index (χ1) is 11.9. The lowest BCUT2D eigenvalue weighted by Crippen LogP contribution is -2.24. The molecule has 9 nitrogen and oxygen atoms in total. The van der Waals surface area contributed by atoms with Gasteiger partial charge in [-0.15, -0.1) is 0 Å². The summed E-state index contributed by atoms with van der Waals surface area (Å²) < 4.78 is 6.61. The predicted molar refractivity (Wildman–Crippen MR) is 88.8 cm³/mol. The van der Waals surface area contributed by atoms with Crippen LogP contribution in [-0.2, 0) is 5.60 Å². The van der Waals surface area contributed by atoms with E-state index in [-0.39, 0.29) is 11.8 Å². The molecule has 0 spiro atoms. The van der Waals surface area contributed by atoms with Gasteiger partial charge in [-0.25, -0.2) is 9.67 Å². The lowest BCUT2D eigenvalue weighted by atomic mass is 9.94. The number of benzene rings is 1. The summed E-state index contributed by atoms with van der Waals surface area (Å²) in [4.78, 5) is 12.2. The van der Waals surface area contributed by atoms with E-state index in [0.717, 1.165) is 10.9 Å². The number of hydrogen-bond donors (Lipinski definition) is 2. The number of hydrogen-bond acceptors (Lipinski definition) is 8. The van der Waals surface area contributed by atoms with E-state index >= 15 is 0 Å². The molecule has 126 valence electrons. The molecule has 0 radical (unpaired) electrons. The summed E-state index contributed by atoms with van der Waals surface area (Å²) in [5.74, 6) is 1.28. The summed E-state index contributed by atoms with van der Waals surface area (Å²) in [5.41, 5.74) is 5.61. The first-order valence-electron chi connectivity index (χ1n) is 7.55. The van der Waals surface area contributed by atoms with Crippen LogP contribution in [0.3, 0.4) is 0 Å². The van der Waals surface area contributed by atoms with E-state index < -0.39 is 5.60 Å².